The van der Waals surface area contributed by atoms with E-state index in [9.17, 15) is 9.90 Å². The van der Waals surface area contributed by atoms with Gasteiger partial charge in [0, 0.05) is 22.2 Å². The van der Waals surface area contributed by atoms with E-state index in [4.69, 9.17) is 4.99 Å². The topological polar surface area (TPSA) is 61.7 Å². The van der Waals surface area contributed by atoms with Gasteiger partial charge in [0.25, 0.3) is 0 Å². The summed E-state index contributed by atoms with van der Waals surface area (Å²) >= 11 is 0. The van der Waals surface area contributed by atoms with Gasteiger partial charge < -0.3 is 10.4 Å². The summed E-state index contributed by atoms with van der Waals surface area (Å²) < 4.78 is 0. The Balaban J connectivity index is 1.38. The van der Waals surface area contributed by atoms with Gasteiger partial charge in [-0.2, -0.15) is 0 Å². The van der Waals surface area contributed by atoms with Gasteiger partial charge in [0.1, 0.15) is 5.76 Å². The first-order valence-electron chi connectivity index (χ1n) is 16.0. The second-order valence-electron chi connectivity index (χ2n) is 13.5. The highest BCUT2D eigenvalue weighted by Crippen LogP contribution is 2.52. The number of nitrogens with one attached hydrogen (secondary N) is 1. The van der Waals surface area contributed by atoms with Crippen molar-refractivity contribution in [3.8, 4) is 0 Å². The quantitative estimate of drug-likeness (QED) is 0.223. The molecular formula is C40H40N2O2. The molecule has 1 aliphatic carbocycles. The third-order valence-corrected chi connectivity index (χ3v) is 9.91. The summed E-state index contributed by atoms with van der Waals surface area (Å²) in [5.41, 5.74) is 8.26. The molecule has 4 aromatic rings. The number of benzene rings is 4. The molecule has 3 aliphatic rings. The zero-order valence-corrected chi connectivity index (χ0v) is 26.6. The molecule has 2 heterocycles. The van der Waals surface area contributed by atoms with Gasteiger partial charge in [0.15, 0.2) is 0 Å². The largest absolute Gasteiger partial charge is 0.506 e. The number of carbonyl (C=O) groups is 1. The lowest BCUT2D eigenvalue weighted by atomic mass is 9.70. The molecule has 0 unspecified atom stereocenters. The Labute approximate surface area is 259 Å². The van der Waals surface area contributed by atoms with Crippen molar-refractivity contribution in [2.24, 2.45) is 4.99 Å². The number of hydrogen-bond donors (Lipinski definition) is 2. The van der Waals surface area contributed by atoms with Crippen LogP contribution in [0.2, 0.25) is 0 Å². The first-order chi connectivity index (χ1) is 21.1. The van der Waals surface area contributed by atoms with E-state index in [0.717, 1.165) is 46.8 Å². The average Bonchev–Trinajstić information content (AvgIpc) is 3.45. The van der Waals surface area contributed by atoms with Gasteiger partial charge >= 0.3 is 0 Å². The Morgan fingerprint density at radius 1 is 0.750 bits per heavy atom. The monoisotopic (exact) mass is 580 g/mol. The summed E-state index contributed by atoms with van der Waals surface area (Å²) in [6.45, 7) is 13.1. The van der Waals surface area contributed by atoms with Gasteiger partial charge in [-0.15, -0.1) is 0 Å². The highest BCUT2D eigenvalue weighted by molar-refractivity contribution is 6.28. The fourth-order valence-corrected chi connectivity index (χ4v) is 7.95. The Hall–Kier alpha value is -4.44. The second-order valence-corrected chi connectivity index (χ2v) is 13.5. The number of aliphatic imine (C=N–C) groups is 1. The van der Waals surface area contributed by atoms with Crippen LogP contribution in [-0.4, -0.2) is 16.6 Å². The summed E-state index contributed by atoms with van der Waals surface area (Å²) in [6.07, 6.45) is 3.08. The molecule has 0 atom stereocenters. The molecule has 222 valence electrons. The number of carbonyl (C=O) groups excluding carboxylic acids is 1. The Morgan fingerprint density at radius 2 is 1.34 bits per heavy atom. The third kappa shape index (κ3) is 3.89. The van der Waals surface area contributed by atoms with Crippen molar-refractivity contribution >= 4 is 44.4 Å². The van der Waals surface area contributed by atoms with Gasteiger partial charge in [0.05, 0.1) is 22.5 Å². The molecule has 0 amide bonds. The Morgan fingerprint density at radius 3 is 1.98 bits per heavy atom. The lowest BCUT2D eigenvalue weighted by molar-refractivity contribution is -0.113. The van der Waals surface area contributed by atoms with Crippen LogP contribution in [0.4, 0.5) is 11.4 Å². The van der Waals surface area contributed by atoms with E-state index in [1.807, 2.05) is 0 Å². The predicted octanol–water partition coefficient (Wildman–Crippen LogP) is 10.3. The van der Waals surface area contributed by atoms with Crippen LogP contribution < -0.4 is 5.32 Å². The molecule has 0 saturated heterocycles. The molecule has 2 N–H and O–H groups in total. The minimum Gasteiger partial charge on any atom is -0.506 e. The zero-order chi connectivity index (χ0) is 31.0. The van der Waals surface area contributed by atoms with Crippen molar-refractivity contribution in [2.75, 3.05) is 5.32 Å². The number of ketones is 1. The summed E-state index contributed by atoms with van der Waals surface area (Å²) in [7, 11) is 0. The van der Waals surface area contributed by atoms with Crippen LogP contribution >= 0.6 is 0 Å². The van der Waals surface area contributed by atoms with Crippen LogP contribution in [0.25, 0.3) is 21.5 Å². The molecule has 0 spiro atoms. The predicted molar refractivity (Wildman–Crippen MR) is 183 cm³/mol. The smallest absolute Gasteiger partial charge is 0.201 e. The average molecular weight is 581 g/mol. The number of Topliss-reactive ketones (excluding diaryl/α,β-unsaturated/α-hetero) is 1. The maximum Gasteiger partial charge on any atom is 0.201 e. The van der Waals surface area contributed by atoms with E-state index in [0.29, 0.717) is 24.0 Å². The fourth-order valence-electron chi connectivity index (χ4n) is 7.95. The molecule has 0 radical (unpaired) electrons. The minimum absolute atomic E-state index is 0.0698. The van der Waals surface area contributed by atoms with Crippen molar-refractivity contribution in [3.05, 3.63) is 118 Å². The van der Waals surface area contributed by atoms with Gasteiger partial charge in [-0.1, -0.05) is 115 Å². The van der Waals surface area contributed by atoms with Gasteiger partial charge in [-0.05, 0) is 68.8 Å². The van der Waals surface area contributed by atoms with E-state index in [-0.39, 0.29) is 17.0 Å². The van der Waals surface area contributed by atoms with Gasteiger partial charge in [-0.3, -0.25) is 9.79 Å². The van der Waals surface area contributed by atoms with Crippen molar-refractivity contribution in [1.82, 2.24) is 0 Å². The molecule has 4 aromatic carbocycles. The first kappa shape index (κ1) is 28.3. The van der Waals surface area contributed by atoms with Crippen molar-refractivity contribution in [3.63, 3.8) is 0 Å². The van der Waals surface area contributed by atoms with Crippen molar-refractivity contribution < 1.29 is 9.90 Å². The number of hydrogen-bond acceptors (Lipinski definition) is 4. The van der Waals surface area contributed by atoms with Crippen LogP contribution in [-0.2, 0) is 15.6 Å². The highest BCUT2D eigenvalue weighted by atomic mass is 16.3. The van der Waals surface area contributed by atoms with Crippen molar-refractivity contribution in [2.45, 2.75) is 78.1 Å². The first-order valence-corrected chi connectivity index (χ1v) is 16.0. The second kappa shape index (κ2) is 10.1. The SMILES string of the molecule is CCC/C(C1=Nc2ccc3ccccc3c2C1(C)C)=C1/C(=O)C(C(/CCC)=C2/Nc3ccc4ccccc4c3C2(C)C)=C1O. The fraction of sp³-hybridized carbons (Fsp3) is 0.300. The normalized spacial score (nSPS) is 20.3. The number of allylic oxidation sites excluding steroid dienone is 5. The lowest BCUT2D eigenvalue weighted by Crippen LogP contribution is -2.34. The summed E-state index contributed by atoms with van der Waals surface area (Å²) in [5, 5.41) is 20.3. The molecule has 2 aliphatic heterocycles. The molecular weight excluding hydrogens is 540 g/mol. The number of nitrogens with zero attached hydrogens (tertiary/aromatic N) is 1. The molecule has 0 fully saturated rings. The molecule has 7 rings (SSSR count). The summed E-state index contributed by atoms with van der Waals surface area (Å²) in [5.74, 6) is 0.0479. The molecule has 4 nitrogen and oxygen atoms in total. The van der Waals surface area contributed by atoms with Crippen molar-refractivity contribution in [1.29, 1.82) is 0 Å². The molecule has 0 bridgehead atoms. The Kier molecular flexibility index (Phi) is 6.47. The van der Waals surface area contributed by atoms with E-state index in [1.165, 1.54) is 32.7 Å². The number of aliphatic hydroxyl groups is 1. The van der Waals surface area contributed by atoms with E-state index >= 15 is 0 Å². The molecule has 0 aromatic heterocycles. The number of anilines is 1. The van der Waals surface area contributed by atoms with Crippen LogP contribution in [0.15, 0.2) is 112 Å². The zero-order valence-electron chi connectivity index (χ0n) is 26.6. The van der Waals surface area contributed by atoms with Crippen LogP contribution in [0.3, 0.4) is 0 Å². The Bertz CT molecular complexity index is 2030. The van der Waals surface area contributed by atoms with E-state index < -0.39 is 5.41 Å². The van der Waals surface area contributed by atoms with Crippen LogP contribution in [0, 0.1) is 0 Å². The molecule has 44 heavy (non-hydrogen) atoms. The number of aliphatic hydroxyl groups excluding tert-OH is 1. The summed E-state index contributed by atoms with van der Waals surface area (Å²) in [6, 6.07) is 25.4. The number of rotatable bonds is 6. The molecule has 0 saturated carbocycles. The molecule has 4 heteroatoms. The maximum absolute atomic E-state index is 14.3. The van der Waals surface area contributed by atoms with E-state index in [2.05, 4.69) is 120 Å². The van der Waals surface area contributed by atoms with Gasteiger partial charge in [-0.25, -0.2) is 0 Å². The van der Waals surface area contributed by atoms with Crippen LogP contribution in [0.1, 0.15) is 78.4 Å². The lowest BCUT2D eigenvalue weighted by Gasteiger charge is -2.32. The standard InChI is InChI=1S/C40H40N2O2/c1-7-13-27(37-39(3,4)33-25-17-11-9-15-23(25)19-21-29(33)41-37)31-35(43)32(36(31)44)28(14-8-2)38-40(5,6)34-26-18-12-10-16-24(26)20-22-30(34)42-38/h9-12,15-22,41,43H,7-8,13-14H2,1-6H3/b32-28-,37-27+. The van der Waals surface area contributed by atoms with Crippen LogP contribution in [0.5, 0.6) is 0 Å². The summed E-state index contributed by atoms with van der Waals surface area (Å²) in [4.78, 5) is 19.5. The van der Waals surface area contributed by atoms with Gasteiger partial charge in [0.2, 0.25) is 5.78 Å². The highest BCUT2D eigenvalue weighted by Gasteiger charge is 2.46. The maximum atomic E-state index is 14.3. The number of fused-ring (bicyclic) bond motifs is 6. The van der Waals surface area contributed by atoms with E-state index in [1.54, 1.807) is 0 Å². The third-order valence-electron chi connectivity index (χ3n) is 9.91. The minimum atomic E-state index is -0.410.